The largest absolute Gasteiger partial charge is 0.349 e. The summed E-state index contributed by atoms with van der Waals surface area (Å²) in [5, 5.41) is 8.25. The molecule has 3 atom stereocenters. The summed E-state index contributed by atoms with van der Waals surface area (Å²) >= 11 is 7.07. The lowest BCUT2D eigenvalue weighted by molar-refractivity contribution is -0.123. The van der Waals surface area contributed by atoms with E-state index in [-0.39, 0.29) is 18.0 Å². The van der Waals surface area contributed by atoms with Gasteiger partial charge in [-0.05, 0) is 25.7 Å². The van der Waals surface area contributed by atoms with E-state index < -0.39 is 0 Å². The summed E-state index contributed by atoms with van der Waals surface area (Å²) in [6.07, 6.45) is 4.33. The predicted molar refractivity (Wildman–Crippen MR) is 88.1 cm³/mol. The Hall–Kier alpha value is 0.130. The Morgan fingerprint density at radius 2 is 2.11 bits per heavy atom. The molecule has 1 aliphatic carbocycles. The van der Waals surface area contributed by atoms with Crippen molar-refractivity contribution in [2.45, 2.75) is 51.7 Å². The fourth-order valence-electron chi connectivity index (χ4n) is 2.43. The van der Waals surface area contributed by atoms with Crippen molar-refractivity contribution in [3.8, 4) is 0 Å². The molecule has 0 aromatic heterocycles. The first-order valence-corrected chi connectivity index (χ1v) is 9.08. The van der Waals surface area contributed by atoms with Crippen molar-refractivity contribution in [1.82, 2.24) is 10.6 Å². The van der Waals surface area contributed by atoms with Crippen molar-refractivity contribution in [3.63, 3.8) is 0 Å². The van der Waals surface area contributed by atoms with Crippen LogP contribution in [0, 0.1) is 5.92 Å². The van der Waals surface area contributed by atoms with Crippen molar-refractivity contribution in [1.29, 1.82) is 0 Å². The Labute approximate surface area is 133 Å². The lowest BCUT2D eigenvalue weighted by atomic mass is 9.88. The number of halogens is 2. The molecule has 5 heteroatoms. The second-order valence-corrected chi connectivity index (χ2v) is 6.79. The van der Waals surface area contributed by atoms with Crippen molar-refractivity contribution in [3.05, 3.63) is 11.6 Å². The number of carbonyl (C=O) groups excluding carboxylic acids is 1. The molecule has 0 heterocycles. The highest BCUT2D eigenvalue weighted by molar-refractivity contribution is 9.09. The van der Waals surface area contributed by atoms with Gasteiger partial charge in [-0.25, -0.2) is 0 Å². The highest BCUT2D eigenvalue weighted by Gasteiger charge is 2.24. The van der Waals surface area contributed by atoms with Crippen LogP contribution in [0.15, 0.2) is 11.6 Å². The molecule has 0 aliphatic heterocycles. The summed E-state index contributed by atoms with van der Waals surface area (Å²) in [7, 11) is 0. The molecule has 0 radical (unpaired) electrons. The first-order valence-electron chi connectivity index (χ1n) is 6.84. The summed E-state index contributed by atoms with van der Waals surface area (Å²) in [5.74, 6) is 0.690. The van der Waals surface area contributed by atoms with Crippen LogP contribution in [0.5, 0.6) is 0 Å². The third-order valence-electron chi connectivity index (χ3n) is 3.27. The summed E-state index contributed by atoms with van der Waals surface area (Å²) in [4.78, 5) is 12.1. The zero-order valence-electron chi connectivity index (χ0n) is 11.9. The second kappa shape index (κ2) is 8.42. The van der Waals surface area contributed by atoms with Crippen LogP contribution in [0.2, 0.25) is 0 Å². The number of hydrogen-bond donors (Lipinski definition) is 2. The van der Waals surface area contributed by atoms with Gasteiger partial charge in [0.05, 0.1) is 6.04 Å². The van der Waals surface area contributed by atoms with Gasteiger partial charge in [-0.1, -0.05) is 57.4 Å². The molecule has 0 aromatic rings. The Bertz CT molecular complexity index is 331. The van der Waals surface area contributed by atoms with Gasteiger partial charge in [0.15, 0.2) is 0 Å². The molecule has 110 valence electrons. The number of allylic oxidation sites excluding steroid dienone is 1. The predicted octanol–water partition coefficient (Wildman–Crippen LogP) is 2.98. The minimum atomic E-state index is -0.148. The van der Waals surface area contributed by atoms with Crippen molar-refractivity contribution in [2.24, 2.45) is 5.92 Å². The van der Waals surface area contributed by atoms with E-state index in [9.17, 15) is 4.79 Å². The van der Waals surface area contributed by atoms with Crippen LogP contribution in [0.4, 0.5) is 0 Å². The molecule has 0 saturated heterocycles. The first-order chi connectivity index (χ1) is 8.96. The third kappa shape index (κ3) is 5.96. The number of rotatable bonds is 6. The van der Waals surface area contributed by atoms with Gasteiger partial charge in [-0.3, -0.25) is 4.79 Å². The molecule has 0 spiro atoms. The van der Waals surface area contributed by atoms with Crippen LogP contribution in [-0.4, -0.2) is 34.7 Å². The van der Waals surface area contributed by atoms with Gasteiger partial charge in [-0.15, -0.1) is 0 Å². The van der Waals surface area contributed by atoms with E-state index in [1.165, 1.54) is 5.57 Å². The summed E-state index contributed by atoms with van der Waals surface area (Å²) in [6, 6.07) is 0.328. The van der Waals surface area contributed by atoms with E-state index >= 15 is 0 Å². The summed E-state index contributed by atoms with van der Waals surface area (Å²) in [6.45, 7) is 6.01. The van der Waals surface area contributed by atoms with Crippen LogP contribution >= 0.6 is 31.9 Å². The number of amides is 1. The molecule has 0 saturated carbocycles. The summed E-state index contributed by atoms with van der Waals surface area (Å²) in [5.41, 5.74) is 1.38. The van der Waals surface area contributed by atoms with E-state index in [1.54, 1.807) is 0 Å². The molecule has 3 nitrogen and oxygen atoms in total. The first kappa shape index (κ1) is 17.2. The molecule has 19 heavy (non-hydrogen) atoms. The summed E-state index contributed by atoms with van der Waals surface area (Å²) < 4.78 is 0. The number of alkyl halides is 2. The zero-order valence-corrected chi connectivity index (χ0v) is 15.1. The molecule has 1 aliphatic rings. The topological polar surface area (TPSA) is 41.1 Å². The molecule has 0 bridgehead atoms. The molecule has 1 amide bonds. The van der Waals surface area contributed by atoms with Gasteiger partial charge < -0.3 is 10.6 Å². The van der Waals surface area contributed by atoms with E-state index in [1.807, 2.05) is 20.8 Å². The SMILES string of the molecule is CC(C)N[C@@H](C)C(=O)N[C@@H]1C=C(CBr)CC(CBr)C1. The number of nitrogens with one attached hydrogen (secondary N) is 2. The molecule has 0 fully saturated rings. The number of hydrogen-bond acceptors (Lipinski definition) is 2. The standard InChI is InChI=1S/C14H24Br2N2O/c1-9(2)17-10(3)14(19)18-13-5-11(7-15)4-12(6-13)8-16/h5,9-10,12-13,17H,4,6-8H2,1-3H3,(H,18,19)/t10-,12?,13+/m0/s1. The van der Waals surface area contributed by atoms with Gasteiger partial charge in [0, 0.05) is 22.7 Å². The van der Waals surface area contributed by atoms with Crippen LogP contribution in [0.25, 0.3) is 0 Å². The molecule has 2 N–H and O–H groups in total. The normalized spacial score (nSPS) is 25.1. The van der Waals surface area contributed by atoms with Crippen LogP contribution in [0.3, 0.4) is 0 Å². The highest BCUT2D eigenvalue weighted by atomic mass is 79.9. The average molecular weight is 396 g/mol. The minimum absolute atomic E-state index is 0.0825. The number of carbonyl (C=O) groups is 1. The van der Waals surface area contributed by atoms with E-state index in [4.69, 9.17) is 0 Å². The maximum Gasteiger partial charge on any atom is 0.237 e. The van der Waals surface area contributed by atoms with Gasteiger partial charge in [-0.2, -0.15) is 0 Å². The van der Waals surface area contributed by atoms with Gasteiger partial charge in [0.25, 0.3) is 0 Å². The lowest BCUT2D eigenvalue weighted by Crippen LogP contribution is -2.48. The van der Waals surface area contributed by atoms with Gasteiger partial charge in [0.2, 0.25) is 5.91 Å². The van der Waals surface area contributed by atoms with Gasteiger partial charge >= 0.3 is 0 Å². The Kier molecular flexibility index (Phi) is 7.62. The molecule has 1 rings (SSSR count). The maximum atomic E-state index is 12.1. The second-order valence-electron chi connectivity index (χ2n) is 5.58. The fourth-order valence-corrected chi connectivity index (χ4v) is 3.34. The zero-order chi connectivity index (χ0) is 14.4. The van der Waals surface area contributed by atoms with Crippen LogP contribution in [-0.2, 0) is 4.79 Å². The van der Waals surface area contributed by atoms with E-state index in [0.29, 0.717) is 12.0 Å². The van der Waals surface area contributed by atoms with Gasteiger partial charge in [0.1, 0.15) is 0 Å². The Morgan fingerprint density at radius 3 is 2.63 bits per heavy atom. The van der Waals surface area contributed by atoms with E-state index in [0.717, 1.165) is 23.5 Å². The fraction of sp³-hybridized carbons (Fsp3) is 0.786. The van der Waals surface area contributed by atoms with Crippen molar-refractivity contribution in [2.75, 3.05) is 10.7 Å². The monoisotopic (exact) mass is 394 g/mol. The third-order valence-corrected chi connectivity index (χ3v) is 4.91. The van der Waals surface area contributed by atoms with Crippen LogP contribution in [0.1, 0.15) is 33.6 Å². The quantitative estimate of drug-likeness (QED) is 0.536. The molecule has 0 aromatic carbocycles. The van der Waals surface area contributed by atoms with Crippen molar-refractivity contribution >= 4 is 37.8 Å². The molecule has 1 unspecified atom stereocenters. The van der Waals surface area contributed by atoms with Crippen LogP contribution < -0.4 is 10.6 Å². The molecular weight excluding hydrogens is 372 g/mol. The Morgan fingerprint density at radius 1 is 1.42 bits per heavy atom. The maximum absolute atomic E-state index is 12.1. The molecular formula is C14H24Br2N2O. The minimum Gasteiger partial charge on any atom is -0.349 e. The van der Waals surface area contributed by atoms with E-state index in [2.05, 4.69) is 48.6 Å². The average Bonchev–Trinajstić information content (AvgIpc) is 2.37. The Balaban J connectivity index is 2.57. The van der Waals surface area contributed by atoms with Crippen molar-refractivity contribution < 1.29 is 4.79 Å². The highest BCUT2D eigenvalue weighted by Crippen LogP contribution is 2.27. The smallest absolute Gasteiger partial charge is 0.237 e. The lowest BCUT2D eigenvalue weighted by Gasteiger charge is -2.29.